The highest BCUT2D eigenvalue weighted by Gasteiger charge is 2.07. The van der Waals surface area contributed by atoms with E-state index in [0.717, 1.165) is 16.7 Å². The van der Waals surface area contributed by atoms with E-state index in [4.69, 9.17) is 11.0 Å². The SMILES string of the molecule is N#Cc1ccc(NC(=O)Cc2ccc(-c3ccn4nc(N)nc4c3)cc2)cc1. The standard InChI is InChI=1S/C21H16N6O/c22-13-15-3-7-18(8-4-15)24-20(28)11-14-1-5-16(6-2-14)17-9-10-27-19(12-17)25-21(23)26-27/h1-10,12H,11H2,(H2,23,26)(H,24,28). The lowest BCUT2D eigenvalue weighted by Gasteiger charge is -2.07. The summed E-state index contributed by atoms with van der Waals surface area (Å²) in [6, 6.07) is 20.5. The minimum absolute atomic E-state index is 0.113. The zero-order chi connectivity index (χ0) is 19.5. The lowest BCUT2D eigenvalue weighted by Crippen LogP contribution is -2.14. The van der Waals surface area contributed by atoms with Crippen molar-refractivity contribution in [1.82, 2.24) is 14.6 Å². The van der Waals surface area contributed by atoms with Crippen LogP contribution in [0.25, 0.3) is 16.8 Å². The summed E-state index contributed by atoms with van der Waals surface area (Å²) >= 11 is 0. The summed E-state index contributed by atoms with van der Waals surface area (Å²) in [4.78, 5) is 16.4. The fourth-order valence-corrected chi connectivity index (χ4v) is 2.91. The van der Waals surface area contributed by atoms with Crippen molar-refractivity contribution in [1.29, 1.82) is 5.26 Å². The van der Waals surface area contributed by atoms with E-state index in [0.29, 0.717) is 16.9 Å². The molecule has 0 radical (unpaired) electrons. The highest BCUT2D eigenvalue weighted by Crippen LogP contribution is 2.21. The fourth-order valence-electron chi connectivity index (χ4n) is 2.91. The molecule has 0 spiro atoms. The van der Waals surface area contributed by atoms with Gasteiger partial charge in [0.05, 0.1) is 18.1 Å². The van der Waals surface area contributed by atoms with Gasteiger partial charge >= 0.3 is 0 Å². The van der Waals surface area contributed by atoms with Crippen LogP contribution in [0.1, 0.15) is 11.1 Å². The first-order chi connectivity index (χ1) is 13.6. The van der Waals surface area contributed by atoms with Crippen LogP contribution in [0.15, 0.2) is 66.9 Å². The molecule has 2 heterocycles. The van der Waals surface area contributed by atoms with Gasteiger partial charge in [-0.3, -0.25) is 4.79 Å². The van der Waals surface area contributed by atoms with Gasteiger partial charge in [-0.05, 0) is 53.1 Å². The van der Waals surface area contributed by atoms with E-state index in [2.05, 4.69) is 15.4 Å². The number of rotatable bonds is 4. The Balaban J connectivity index is 1.44. The quantitative estimate of drug-likeness (QED) is 0.575. The molecule has 0 saturated carbocycles. The first kappa shape index (κ1) is 17.2. The van der Waals surface area contributed by atoms with Crippen LogP contribution in [-0.4, -0.2) is 20.5 Å². The third-order valence-electron chi connectivity index (χ3n) is 4.30. The summed E-state index contributed by atoms with van der Waals surface area (Å²) in [5, 5.41) is 15.7. The number of nitrogen functional groups attached to an aromatic ring is 1. The lowest BCUT2D eigenvalue weighted by molar-refractivity contribution is -0.115. The van der Waals surface area contributed by atoms with Gasteiger partial charge in [-0.2, -0.15) is 10.2 Å². The molecule has 0 fully saturated rings. The highest BCUT2D eigenvalue weighted by atomic mass is 16.1. The number of amides is 1. The molecular formula is C21H16N6O. The predicted molar refractivity (Wildman–Crippen MR) is 106 cm³/mol. The van der Waals surface area contributed by atoms with E-state index in [1.54, 1.807) is 28.8 Å². The Labute approximate surface area is 161 Å². The number of benzene rings is 2. The van der Waals surface area contributed by atoms with Crippen molar-refractivity contribution in [3.8, 4) is 17.2 Å². The number of aromatic nitrogens is 3. The molecule has 7 nitrogen and oxygen atoms in total. The topological polar surface area (TPSA) is 109 Å². The number of nitriles is 1. The summed E-state index contributed by atoms with van der Waals surface area (Å²) in [5.41, 5.74) is 10.4. The molecule has 0 aliphatic rings. The third kappa shape index (κ3) is 3.66. The van der Waals surface area contributed by atoms with Gasteiger partial charge in [-0.1, -0.05) is 24.3 Å². The first-order valence-electron chi connectivity index (χ1n) is 8.62. The number of nitrogens with two attached hydrogens (primary N) is 1. The van der Waals surface area contributed by atoms with Crippen molar-refractivity contribution in [3.63, 3.8) is 0 Å². The molecule has 0 saturated heterocycles. The average Bonchev–Trinajstić information content (AvgIpc) is 3.08. The molecule has 0 atom stereocenters. The molecule has 4 rings (SSSR count). The summed E-state index contributed by atoms with van der Waals surface area (Å²) in [7, 11) is 0. The van der Waals surface area contributed by atoms with E-state index in [1.165, 1.54) is 0 Å². The minimum atomic E-state index is -0.113. The second-order valence-corrected chi connectivity index (χ2v) is 6.30. The van der Waals surface area contributed by atoms with E-state index >= 15 is 0 Å². The number of nitrogens with zero attached hydrogens (tertiary/aromatic N) is 4. The Hall–Kier alpha value is -4.18. The molecule has 3 N–H and O–H groups in total. The normalized spacial score (nSPS) is 10.5. The molecule has 2 aromatic heterocycles. The maximum atomic E-state index is 12.2. The molecular weight excluding hydrogens is 352 g/mol. The van der Waals surface area contributed by atoms with Crippen LogP contribution in [0.4, 0.5) is 11.6 Å². The van der Waals surface area contributed by atoms with Crippen molar-refractivity contribution in [2.24, 2.45) is 0 Å². The molecule has 1 amide bonds. The van der Waals surface area contributed by atoms with Crippen LogP contribution in [0.5, 0.6) is 0 Å². The monoisotopic (exact) mass is 368 g/mol. The molecule has 136 valence electrons. The smallest absolute Gasteiger partial charge is 0.240 e. The number of hydrogen-bond acceptors (Lipinski definition) is 5. The van der Waals surface area contributed by atoms with Gasteiger partial charge in [-0.25, -0.2) is 4.52 Å². The number of pyridine rings is 1. The third-order valence-corrected chi connectivity index (χ3v) is 4.30. The van der Waals surface area contributed by atoms with Gasteiger partial charge in [0.1, 0.15) is 0 Å². The van der Waals surface area contributed by atoms with E-state index in [-0.39, 0.29) is 18.3 Å². The van der Waals surface area contributed by atoms with Crippen molar-refractivity contribution in [3.05, 3.63) is 78.0 Å². The van der Waals surface area contributed by atoms with Crippen LogP contribution < -0.4 is 11.1 Å². The molecule has 2 aromatic carbocycles. The molecule has 4 aromatic rings. The lowest BCUT2D eigenvalue weighted by atomic mass is 10.0. The zero-order valence-corrected chi connectivity index (χ0v) is 14.8. The fraction of sp³-hybridized carbons (Fsp3) is 0.0476. The number of carbonyl (C=O) groups excluding carboxylic acids is 1. The van der Waals surface area contributed by atoms with Gasteiger partial charge in [0.2, 0.25) is 11.9 Å². The Morgan fingerprint density at radius 1 is 1.07 bits per heavy atom. The van der Waals surface area contributed by atoms with Gasteiger partial charge < -0.3 is 11.1 Å². The Bertz CT molecular complexity index is 1190. The van der Waals surface area contributed by atoms with Crippen LogP contribution in [0.2, 0.25) is 0 Å². The predicted octanol–water partition coefficient (Wildman–Crippen LogP) is 3.03. The van der Waals surface area contributed by atoms with Crippen LogP contribution in [0, 0.1) is 11.3 Å². The molecule has 28 heavy (non-hydrogen) atoms. The average molecular weight is 368 g/mol. The highest BCUT2D eigenvalue weighted by molar-refractivity contribution is 5.92. The number of hydrogen-bond donors (Lipinski definition) is 2. The first-order valence-corrected chi connectivity index (χ1v) is 8.62. The summed E-state index contributed by atoms with van der Waals surface area (Å²) in [6.07, 6.45) is 2.08. The van der Waals surface area contributed by atoms with E-state index in [9.17, 15) is 4.79 Å². The van der Waals surface area contributed by atoms with E-state index < -0.39 is 0 Å². The number of carbonyl (C=O) groups is 1. The minimum Gasteiger partial charge on any atom is -0.366 e. The van der Waals surface area contributed by atoms with Crippen molar-refractivity contribution >= 4 is 23.2 Å². The van der Waals surface area contributed by atoms with Crippen LogP contribution in [0.3, 0.4) is 0 Å². The number of nitrogens with one attached hydrogen (secondary N) is 1. The van der Waals surface area contributed by atoms with Crippen LogP contribution >= 0.6 is 0 Å². The molecule has 0 aliphatic heterocycles. The van der Waals surface area contributed by atoms with Gasteiger partial charge in [0.25, 0.3) is 0 Å². The molecule has 0 bridgehead atoms. The van der Waals surface area contributed by atoms with Crippen molar-refractivity contribution in [2.75, 3.05) is 11.1 Å². The Kier molecular flexibility index (Phi) is 4.44. The zero-order valence-electron chi connectivity index (χ0n) is 14.8. The van der Waals surface area contributed by atoms with Gasteiger partial charge in [0, 0.05) is 11.9 Å². The second-order valence-electron chi connectivity index (χ2n) is 6.30. The largest absolute Gasteiger partial charge is 0.366 e. The summed E-state index contributed by atoms with van der Waals surface area (Å²) < 4.78 is 1.63. The summed E-state index contributed by atoms with van der Waals surface area (Å²) in [5.74, 6) is 0.124. The van der Waals surface area contributed by atoms with Crippen molar-refractivity contribution in [2.45, 2.75) is 6.42 Å². The molecule has 7 heteroatoms. The van der Waals surface area contributed by atoms with Gasteiger partial charge in [-0.15, -0.1) is 5.10 Å². The maximum absolute atomic E-state index is 12.2. The van der Waals surface area contributed by atoms with Gasteiger partial charge in [0.15, 0.2) is 5.65 Å². The second kappa shape index (κ2) is 7.21. The van der Waals surface area contributed by atoms with E-state index in [1.807, 2.05) is 48.7 Å². The Morgan fingerprint density at radius 3 is 2.54 bits per heavy atom. The maximum Gasteiger partial charge on any atom is 0.240 e. The molecule has 0 unspecified atom stereocenters. The molecule has 0 aliphatic carbocycles. The van der Waals surface area contributed by atoms with Crippen molar-refractivity contribution < 1.29 is 4.79 Å². The summed E-state index contributed by atoms with van der Waals surface area (Å²) in [6.45, 7) is 0. The number of fused-ring (bicyclic) bond motifs is 1. The Morgan fingerprint density at radius 2 is 1.82 bits per heavy atom. The number of anilines is 2. The van der Waals surface area contributed by atoms with Crippen LogP contribution in [-0.2, 0) is 11.2 Å².